The predicted molar refractivity (Wildman–Crippen MR) is 80.0 cm³/mol. The zero-order chi connectivity index (χ0) is 15.2. The van der Waals surface area contributed by atoms with Crippen LogP contribution in [-0.4, -0.2) is 17.5 Å². The Morgan fingerprint density at radius 2 is 1.95 bits per heavy atom. The zero-order valence-electron chi connectivity index (χ0n) is 12.7. The minimum absolute atomic E-state index is 0.00509. The Bertz CT molecular complexity index is 485. The van der Waals surface area contributed by atoms with Gasteiger partial charge in [0.25, 0.3) is 0 Å². The highest BCUT2D eigenvalue weighted by Gasteiger charge is 2.21. The molecule has 20 heavy (non-hydrogen) atoms. The summed E-state index contributed by atoms with van der Waals surface area (Å²) in [4.78, 5) is 12.0. The van der Waals surface area contributed by atoms with Crippen LogP contribution in [0.4, 0.5) is 0 Å². The molecule has 0 saturated carbocycles. The molecule has 4 nitrogen and oxygen atoms in total. The lowest BCUT2D eigenvalue weighted by Crippen LogP contribution is -2.50. The van der Waals surface area contributed by atoms with Gasteiger partial charge in [-0.1, -0.05) is 19.1 Å². The Morgan fingerprint density at radius 1 is 1.35 bits per heavy atom. The van der Waals surface area contributed by atoms with E-state index in [4.69, 9.17) is 5.26 Å². The van der Waals surface area contributed by atoms with E-state index >= 15 is 0 Å². The first-order chi connectivity index (χ1) is 9.38. The second kappa shape index (κ2) is 7.06. The predicted octanol–water partition coefficient (Wildman–Crippen LogP) is 2.34. The number of nitrogens with one attached hydrogen (secondary N) is 2. The molecule has 0 radical (unpaired) electrons. The minimum Gasteiger partial charge on any atom is -0.350 e. The first-order valence-corrected chi connectivity index (χ1v) is 6.92. The number of nitrogens with zero attached hydrogens (tertiary/aromatic N) is 1. The van der Waals surface area contributed by atoms with Gasteiger partial charge in [0, 0.05) is 12.1 Å². The molecule has 1 rings (SSSR count). The van der Waals surface area contributed by atoms with Crippen LogP contribution < -0.4 is 10.6 Å². The zero-order valence-corrected chi connectivity index (χ0v) is 12.7. The molecule has 1 aromatic carbocycles. The topological polar surface area (TPSA) is 64.9 Å². The van der Waals surface area contributed by atoms with Crippen molar-refractivity contribution in [1.29, 1.82) is 5.26 Å². The summed E-state index contributed by atoms with van der Waals surface area (Å²) in [5, 5.41) is 14.9. The lowest BCUT2D eigenvalue weighted by molar-refractivity contribution is -0.124. The van der Waals surface area contributed by atoms with Crippen LogP contribution in [0.25, 0.3) is 0 Å². The monoisotopic (exact) mass is 273 g/mol. The van der Waals surface area contributed by atoms with E-state index in [0.717, 1.165) is 12.0 Å². The Labute approximate surface area is 121 Å². The molecule has 0 aliphatic heterocycles. The van der Waals surface area contributed by atoms with E-state index in [0.29, 0.717) is 12.1 Å². The lowest BCUT2D eigenvalue weighted by Gasteiger charge is -2.26. The van der Waals surface area contributed by atoms with Gasteiger partial charge >= 0.3 is 0 Å². The molecular weight excluding hydrogens is 250 g/mol. The third kappa shape index (κ3) is 5.02. The molecule has 1 unspecified atom stereocenters. The Kier molecular flexibility index (Phi) is 5.72. The van der Waals surface area contributed by atoms with E-state index in [2.05, 4.69) is 23.6 Å². The van der Waals surface area contributed by atoms with E-state index < -0.39 is 0 Å². The van der Waals surface area contributed by atoms with Crippen LogP contribution in [0.5, 0.6) is 0 Å². The summed E-state index contributed by atoms with van der Waals surface area (Å²) >= 11 is 0. The van der Waals surface area contributed by atoms with Crippen molar-refractivity contribution < 1.29 is 4.79 Å². The van der Waals surface area contributed by atoms with Gasteiger partial charge < -0.3 is 10.6 Å². The molecule has 0 fully saturated rings. The number of rotatable bonds is 6. The number of amides is 1. The molecule has 4 heteroatoms. The van der Waals surface area contributed by atoms with Crippen molar-refractivity contribution in [2.24, 2.45) is 0 Å². The summed E-state index contributed by atoms with van der Waals surface area (Å²) in [5.41, 5.74) is 1.52. The number of carbonyl (C=O) groups excluding carboxylic acids is 1. The second-order valence-corrected chi connectivity index (χ2v) is 5.64. The SMILES string of the molecule is CCC(C)(C)NC(=O)C(C)NCc1ccc(C#N)cc1. The highest BCUT2D eigenvalue weighted by Crippen LogP contribution is 2.07. The van der Waals surface area contributed by atoms with Crippen molar-refractivity contribution >= 4 is 5.91 Å². The van der Waals surface area contributed by atoms with Gasteiger partial charge in [-0.05, 0) is 44.9 Å². The van der Waals surface area contributed by atoms with Crippen LogP contribution in [-0.2, 0) is 11.3 Å². The number of nitriles is 1. The average molecular weight is 273 g/mol. The number of benzene rings is 1. The van der Waals surface area contributed by atoms with Crippen molar-refractivity contribution in [3.8, 4) is 6.07 Å². The molecule has 0 spiro atoms. The molecule has 0 heterocycles. The molecule has 0 saturated heterocycles. The maximum Gasteiger partial charge on any atom is 0.237 e. The van der Waals surface area contributed by atoms with Crippen molar-refractivity contribution in [3.05, 3.63) is 35.4 Å². The summed E-state index contributed by atoms with van der Waals surface area (Å²) < 4.78 is 0. The summed E-state index contributed by atoms with van der Waals surface area (Å²) in [7, 11) is 0. The third-order valence-corrected chi connectivity index (χ3v) is 3.43. The molecule has 1 atom stereocenters. The Hall–Kier alpha value is -1.86. The standard InChI is InChI=1S/C16H23N3O/c1-5-16(3,4)19-15(20)12(2)18-11-14-8-6-13(10-17)7-9-14/h6-9,12,18H,5,11H2,1-4H3,(H,19,20). The number of hydrogen-bond donors (Lipinski definition) is 2. The highest BCUT2D eigenvalue weighted by atomic mass is 16.2. The van der Waals surface area contributed by atoms with Crippen LogP contribution in [0.15, 0.2) is 24.3 Å². The van der Waals surface area contributed by atoms with Crippen molar-refractivity contribution in [2.75, 3.05) is 0 Å². The van der Waals surface area contributed by atoms with Crippen LogP contribution in [0, 0.1) is 11.3 Å². The largest absolute Gasteiger partial charge is 0.350 e. The maximum atomic E-state index is 12.0. The third-order valence-electron chi connectivity index (χ3n) is 3.43. The molecule has 108 valence electrons. The molecule has 2 N–H and O–H groups in total. The van der Waals surface area contributed by atoms with Crippen LogP contribution in [0.2, 0.25) is 0 Å². The Balaban J connectivity index is 2.48. The summed E-state index contributed by atoms with van der Waals surface area (Å²) in [6.07, 6.45) is 0.890. The summed E-state index contributed by atoms with van der Waals surface area (Å²) in [6, 6.07) is 9.18. The van der Waals surface area contributed by atoms with Gasteiger partial charge in [0.1, 0.15) is 0 Å². The van der Waals surface area contributed by atoms with Gasteiger partial charge in [0.05, 0.1) is 17.7 Å². The maximum absolute atomic E-state index is 12.0. The van der Waals surface area contributed by atoms with E-state index in [1.807, 2.05) is 32.9 Å². The summed E-state index contributed by atoms with van der Waals surface area (Å²) in [6.45, 7) is 8.53. The van der Waals surface area contributed by atoms with E-state index in [-0.39, 0.29) is 17.5 Å². The fourth-order valence-corrected chi connectivity index (χ4v) is 1.59. The first-order valence-electron chi connectivity index (χ1n) is 6.92. The van der Waals surface area contributed by atoms with Crippen LogP contribution in [0.3, 0.4) is 0 Å². The van der Waals surface area contributed by atoms with Gasteiger partial charge in [-0.25, -0.2) is 0 Å². The number of carbonyl (C=O) groups is 1. The van der Waals surface area contributed by atoms with E-state index in [1.165, 1.54) is 0 Å². The summed E-state index contributed by atoms with van der Waals surface area (Å²) in [5.74, 6) is 0.00509. The lowest BCUT2D eigenvalue weighted by atomic mass is 10.0. The van der Waals surface area contributed by atoms with Gasteiger partial charge in [-0.15, -0.1) is 0 Å². The first kappa shape index (κ1) is 16.2. The fraction of sp³-hybridized carbons (Fsp3) is 0.500. The Morgan fingerprint density at radius 3 is 2.45 bits per heavy atom. The smallest absolute Gasteiger partial charge is 0.237 e. The molecule has 0 aliphatic carbocycles. The van der Waals surface area contributed by atoms with Crippen molar-refractivity contribution in [1.82, 2.24) is 10.6 Å². The van der Waals surface area contributed by atoms with Crippen LogP contribution >= 0.6 is 0 Å². The molecule has 1 amide bonds. The average Bonchev–Trinajstić information content (AvgIpc) is 2.44. The van der Waals surface area contributed by atoms with Crippen LogP contribution in [0.1, 0.15) is 45.2 Å². The molecule has 1 aromatic rings. The van der Waals surface area contributed by atoms with Gasteiger partial charge in [0.2, 0.25) is 5.91 Å². The molecule has 0 aromatic heterocycles. The van der Waals surface area contributed by atoms with E-state index in [9.17, 15) is 4.79 Å². The molecule has 0 bridgehead atoms. The highest BCUT2D eigenvalue weighted by molar-refractivity contribution is 5.81. The fourth-order valence-electron chi connectivity index (χ4n) is 1.59. The van der Waals surface area contributed by atoms with E-state index in [1.54, 1.807) is 12.1 Å². The normalized spacial score (nSPS) is 12.6. The van der Waals surface area contributed by atoms with Gasteiger partial charge in [-0.2, -0.15) is 5.26 Å². The molecular formula is C16H23N3O. The van der Waals surface area contributed by atoms with Crippen molar-refractivity contribution in [2.45, 2.75) is 52.2 Å². The molecule has 0 aliphatic rings. The minimum atomic E-state index is -0.253. The number of hydrogen-bond acceptors (Lipinski definition) is 3. The second-order valence-electron chi connectivity index (χ2n) is 5.64. The van der Waals surface area contributed by atoms with Crippen molar-refractivity contribution in [3.63, 3.8) is 0 Å². The quantitative estimate of drug-likeness (QED) is 0.836. The van der Waals surface area contributed by atoms with Gasteiger partial charge in [-0.3, -0.25) is 4.79 Å². The van der Waals surface area contributed by atoms with Gasteiger partial charge in [0.15, 0.2) is 0 Å².